The van der Waals surface area contributed by atoms with Crippen molar-refractivity contribution in [3.8, 4) is 0 Å². The molecule has 2 rings (SSSR count). The number of rotatable bonds is 8. The van der Waals surface area contributed by atoms with E-state index in [-0.39, 0.29) is 0 Å². The van der Waals surface area contributed by atoms with Crippen molar-refractivity contribution in [1.82, 2.24) is 20.4 Å². The Hall–Kier alpha value is -0.810. The van der Waals surface area contributed by atoms with Crippen LogP contribution in [0.15, 0.2) is 4.99 Å². The maximum absolute atomic E-state index is 4.36. The van der Waals surface area contributed by atoms with Gasteiger partial charge in [0.25, 0.3) is 0 Å². The molecule has 2 saturated heterocycles. The molecule has 2 N–H and O–H groups in total. The molecule has 0 spiro atoms. The standard InChI is InChI=1S/C19H39N5/c1-4-23-15-9-11-18(23)16-22-19(20-3)21-12-6-8-14-24-13-7-5-10-17(24)2/h17-18H,4-16H2,1-3H3,(H2,20,21,22). The minimum Gasteiger partial charge on any atom is -0.356 e. The fourth-order valence-corrected chi connectivity index (χ4v) is 4.11. The predicted octanol–water partition coefficient (Wildman–Crippen LogP) is 2.29. The number of nitrogens with one attached hydrogen (secondary N) is 2. The van der Waals surface area contributed by atoms with Crippen LogP contribution < -0.4 is 10.6 Å². The average Bonchev–Trinajstić information content (AvgIpc) is 3.06. The third-order valence-corrected chi connectivity index (χ3v) is 5.74. The second-order valence-corrected chi connectivity index (χ2v) is 7.39. The van der Waals surface area contributed by atoms with Gasteiger partial charge < -0.3 is 15.5 Å². The Morgan fingerprint density at radius 2 is 1.88 bits per heavy atom. The largest absolute Gasteiger partial charge is 0.356 e. The Morgan fingerprint density at radius 3 is 2.62 bits per heavy atom. The molecular weight excluding hydrogens is 298 g/mol. The van der Waals surface area contributed by atoms with E-state index in [2.05, 4.69) is 39.3 Å². The van der Waals surface area contributed by atoms with Gasteiger partial charge in [0.05, 0.1) is 0 Å². The molecule has 0 amide bonds. The van der Waals surface area contributed by atoms with Gasteiger partial charge in [-0.3, -0.25) is 9.89 Å². The highest BCUT2D eigenvalue weighted by atomic mass is 15.2. The molecule has 2 atom stereocenters. The van der Waals surface area contributed by atoms with Gasteiger partial charge in [0, 0.05) is 32.2 Å². The van der Waals surface area contributed by atoms with E-state index in [4.69, 9.17) is 0 Å². The van der Waals surface area contributed by atoms with Crippen molar-refractivity contribution in [3.63, 3.8) is 0 Å². The summed E-state index contributed by atoms with van der Waals surface area (Å²) in [6, 6.07) is 1.46. The third kappa shape index (κ3) is 6.25. The Labute approximate surface area is 149 Å². The zero-order valence-corrected chi connectivity index (χ0v) is 16.2. The SMILES string of the molecule is CCN1CCCC1CNC(=NC)NCCCCN1CCCCC1C. The highest BCUT2D eigenvalue weighted by molar-refractivity contribution is 5.79. The van der Waals surface area contributed by atoms with Crippen molar-refractivity contribution >= 4 is 5.96 Å². The lowest BCUT2D eigenvalue weighted by molar-refractivity contribution is 0.158. The first-order valence-corrected chi connectivity index (χ1v) is 10.2. The molecular formula is C19H39N5. The molecule has 140 valence electrons. The van der Waals surface area contributed by atoms with E-state index >= 15 is 0 Å². The molecule has 0 saturated carbocycles. The van der Waals surface area contributed by atoms with Gasteiger partial charge in [0.2, 0.25) is 0 Å². The van der Waals surface area contributed by atoms with Crippen LogP contribution in [0.3, 0.4) is 0 Å². The number of likely N-dealkylation sites (tertiary alicyclic amines) is 2. The van der Waals surface area contributed by atoms with E-state index in [0.29, 0.717) is 6.04 Å². The first-order valence-electron chi connectivity index (χ1n) is 10.2. The number of nitrogens with zero attached hydrogens (tertiary/aromatic N) is 3. The van der Waals surface area contributed by atoms with E-state index in [1.807, 2.05) is 7.05 Å². The summed E-state index contributed by atoms with van der Waals surface area (Å²) in [4.78, 5) is 9.60. The van der Waals surface area contributed by atoms with Gasteiger partial charge in [-0.15, -0.1) is 0 Å². The topological polar surface area (TPSA) is 42.9 Å². The van der Waals surface area contributed by atoms with E-state index in [0.717, 1.165) is 31.6 Å². The lowest BCUT2D eigenvalue weighted by Crippen LogP contribution is -2.45. The molecule has 0 aliphatic carbocycles. The summed E-state index contributed by atoms with van der Waals surface area (Å²) in [5, 5.41) is 6.99. The van der Waals surface area contributed by atoms with Gasteiger partial charge in [-0.2, -0.15) is 0 Å². The Bertz CT molecular complexity index is 371. The van der Waals surface area contributed by atoms with Gasteiger partial charge in [-0.1, -0.05) is 13.3 Å². The zero-order valence-electron chi connectivity index (χ0n) is 16.2. The molecule has 0 aromatic heterocycles. The number of unbranched alkanes of at least 4 members (excludes halogenated alkanes) is 1. The van der Waals surface area contributed by atoms with Crippen molar-refractivity contribution < 1.29 is 0 Å². The van der Waals surface area contributed by atoms with Gasteiger partial charge in [0.1, 0.15) is 0 Å². The van der Waals surface area contributed by atoms with Crippen LogP contribution in [0.5, 0.6) is 0 Å². The van der Waals surface area contributed by atoms with Crippen molar-refractivity contribution in [2.24, 2.45) is 4.99 Å². The van der Waals surface area contributed by atoms with Gasteiger partial charge >= 0.3 is 0 Å². The number of hydrogen-bond donors (Lipinski definition) is 2. The number of likely N-dealkylation sites (N-methyl/N-ethyl adjacent to an activating group) is 1. The van der Waals surface area contributed by atoms with Crippen LogP contribution in [0.4, 0.5) is 0 Å². The van der Waals surface area contributed by atoms with Crippen LogP contribution in [-0.4, -0.2) is 74.2 Å². The maximum atomic E-state index is 4.36. The monoisotopic (exact) mass is 337 g/mol. The third-order valence-electron chi connectivity index (χ3n) is 5.74. The Balaban J connectivity index is 1.55. The van der Waals surface area contributed by atoms with Crippen LogP contribution in [-0.2, 0) is 0 Å². The molecule has 24 heavy (non-hydrogen) atoms. The number of guanidine groups is 1. The van der Waals surface area contributed by atoms with Crippen LogP contribution >= 0.6 is 0 Å². The summed E-state index contributed by atoms with van der Waals surface area (Å²) in [6.45, 7) is 11.6. The van der Waals surface area contributed by atoms with E-state index in [1.54, 1.807) is 0 Å². The summed E-state index contributed by atoms with van der Waals surface area (Å²) in [5.74, 6) is 0.962. The summed E-state index contributed by atoms with van der Waals surface area (Å²) >= 11 is 0. The summed E-state index contributed by atoms with van der Waals surface area (Å²) < 4.78 is 0. The zero-order chi connectivity index (χ0) is 17.2. The van der Waals surface area contributed by atoms with Crippen molar-refractivity contribution in [2.45, 2.75) is 70.9 Å². The lowest BCUT2D eigenvalue weighted by Gasteiger charge is -2.33. The Morgan fingerprint density at radius 1 is 1.04 bits per heavy atom. The van der Waals surface area contributed by atoms with Crippen LogP contribution in [0.1, 0.15) is 58.8 Å². The van der Waals surface area contributed by atoms with E-state index in [9.17, 15) is 0 Å². The fourth-order valence-electron chi connectivity index (χ4n) is 4.11. The van der Waals surface area contributed by atoms with Crippen molar-refractivity contribution in [1.29, 1.82) is 0 Å². The van der Waals surface area contributed by atoms with Crippen LogP contribution in [0.25, 0.3) is 0 Å². The first-order chi connectivity index (χ1) is 11.7. The number of hydrogen-bond acceptors (Lipinski definition) is 3. The smallest absolute Gasteiger partial charge is 0.191 e. The summed E-state index contributed by atoms with van der Waals surface area (Å²) in [7, 11) is 1.87. The molecule has 2 heterocycles. The normalized spacial score (nSPS) is 26.7. The molecule has 5 nitrogen and oxygen atoms in total. The highest BCUT2D eigenvalue weighted by Gasteiger charge is 2.22. The van der Waals surface area contributed by atoms with E-state index < -0.39 is 0 Å². The first kappa shape index (κ1) is 19.5. The molecule has 2 unspecified atom stereocenters. The summed E-state index contributed by atoms with van der Waals surface area (Å²) in [5.41, 5.74) is 0. The minimum absolute atomic E-state index is 0.675. The molecule has 2 fully saturated rings. The molecule has 0 aromatic carbocycles. The molecule has 0 bridgehead atoms. The molecule has 5 heteroatoms. The van der Waals surface area contributed by atoms with Crippen LogP contribution in [0.2, 0.25) is 0 Å². The molecule has 2 aliphatic rings. The Kier molecular flexibility index (Phi) is 8.89. The quantitative estimate of drug-likeness (QED) is 0.405. The molecule has 2 aliphatic heterocycles. The number of aliphatic imine (C=N–C) groups is 1. The van der Waals surface area contributed by atoms with Gasteiger partial charge in [-0.25, -0.2) is 0 Å². The number of piperidine rings is 1. The van der Waals surface area contributed by atoms with Crippen molar-refractivity contribution in [2.75, 3.05) is 46.3 Å². The molecule has 0 aromatic rings. The lowest BCUT2D eigenvalue weighted by atomic mass is 10.0. The van der Waals surface area contributed by atoms with Crippen molar-refractivity contribution in [3.05, 3.63) is 0 Å². The second kappa shape index (κ2) is 10.9. The average molecular weight is 338 g/mol. The predicted molar refractivity (Wildman–Crippen MR) is 104 cm³/mol. The minimum atomic E-state index is 0.675. The van der Waals surface area contributed by atoms with E-state index in [1.165, 1.54) is 64.6 Å². The second-order valence-electron chi connectivity index (χ2n) is 7.39. The maximum Gasteiger partial charge on any atom is 0.191 e. The molecule has 0 radical (unpaired) electrons. The van der Waals surface area contributed by atoms with Crippen LogP contribution in [0, 0.1) is 0 Å². The fraction of sp³-hybridized carbons (Fsp3) is 0.947. The van der Waals surface area contributed by atoms with Gasteiger partial charge in [-0.05, 0) is 71.6 Å². The van der Waals surface area contributed by atoms with Gasteiger partial charge in [0.15, 0.2) is 5.96 Å². The summed E-state index contributed by atoms with van der Waals surface area (Å²) in [6.07, 6.45) is 9.32. The highest BCUT2D eigenvalue weighted by Crippen LogP contribution is 2.17.